The van der Waals surface area contributed by atoms with Crippen LogP contribution in [0, 0.1) is 0 Å². The van der Waals surface area contributed by atoms with Gasteiger partial charge in [-0.25, -0.2) is 0 Å². The number of thiophene rings is 1. The molecule has 0 bridgehead atoms. The van der Waals surface area contributed by atoms with Crippen LogP contribution in [0.5, 0.6) is 0 Å². The molecule has 1 unspecified atom stereocenters. The Morgan fingerprint density at radius 1 is 0.800 bits per heavy atom. The fourth-order valence-corrected chi connectivity index (χ4v) is 4.61. The van der Waals surface area contributed by atoms with Gasteiger partial charge in [0, 0.05) is 34.1 Å². The Kier molecular flexibility index (Phi) is 4.64. The molecule has 124 valence electrons. The molecule has 0 amide bonds. The Morgan fingerprint density at radius 2 is 1.44 bits per heavy atom. The number of ether oxygens (including phenoxy) is 1. The quantitative estimate of drug-likeness (QED) is 0.401. The Balaban J connectivity index is 1.85. The van der Waals surface area contributed by atoms with Gasteiger partial charge in [0.15, 0.2) is 0 Å². The average molecular weight is 344 g/mol. The Hall–Kier alpha value is -2.42. The summed E-state index contributed by atoms with van der Waals surface area (Å²) in [7, 11) is 1.81. The molecule has 0 saturated carbocycles. The topological polar surface area (TPSA) is 9.23 Å². The molecule has 4 aromatic rings. The average Bonchev–Trinajstić information content (AvgIpc) is 3.07. The zero-order valence-electron chi connectivity index (χ0n) is 14.2. The third kappa shape index (κ3) is 3.23. The molecule has 1 aromatic heterocycles. The fourth-order valence-electron chi connectivity index (χ4n) is 3.30. The second-order valence-corrected chi connectivity index (χ2v) is 7.20. The summed E-state index contributed by atoms with van der Waals surface area (Å²) < 4.78 is 7.25. The Labute approximate surface area is 152 Å². The van der Waals surface area contributed by atoms with Gasteiger partial charge in [0.1, 0.15) is 0 Å². The summed E-state index contributed by atoms with van der Waals surface area (Å²) in [6, 6.07) is 29.9. The van der Waals surface area contributed by atoms with E-state index >= 15 is 0 Å². The van der Waals surface area contributed by atoms with Gasteiger partial charge in [-0.05, 0) is 17.2 Å². The molecule has 0 aliphatic carbocycles. The van der Waals surface area contributed by atoms with E-state index in [0.29, 0.717) is 0 Å². The first kappa shape index (κ1) is 16.1. The third-order valence-electron chi connectivity index (χ3n) is 4.53. The van der Waals surface area contributed by atoms with Crippen LogP contribution in [0.25, 0.3) is 21.2 Å². The molecule has 0 saturated heterocycles. The molecule has 0 spiro atoms. The van der Waals surface area contributed by atoms with Crippen LogP contribution in [-0.4, -0.2) is 7.11 Å². The number of hydrogen-bond donors (Lipinski definition) is 0. The van der Waals surface area contributed by atoms with E-state index in [-0.39, 0.29) is 6.10 Å². The lowest BCUT2D eigenvalue weighted by Crippen LogP contribution is -2.04. The molecule has 2 heteroatoms. The fraction of sp³-hybridized carbons (Fsp3) is 0.130. The van der Waals surface area contributed by atoms with Gasteiger partial charge in [0.05, 0.1) is 6.10 Å². The van der Waals surface area contributed by atoms with Gasteiger partial charge in [-0.3, -0.25) is 0 Å². The zero-order valence-corrected chi connectivity index (χ0v) is 15.0. The first-order chi connectivity index (χ1) is 12.4. The molecule has 1 atom stereocenters. The van der Waals surface area contributed by atoms with Crippen LogP contribution in [0.15, 0.2) is 84.9 Å². The van der Waals surface area contributed by atoms with Crippen LogP contribution < -0.4 is 0 Å². The van der Waals surface area contributed by atoms with E-state index in [1.54, 1.807) is 0 Å². The lowest BCUT2D eigenvalue weighted by Gasteiger charge is -2.16. The van der Waals surface area contributed by atoms with E-state index < -0.39 is 0 Å². The van der Waals surface area contributed by atoms with Gasteiger partial charge in [-0.2, -0.15) is 0 Å². The molecule has 25 heavy (non-hydrogen) atoms. The van der Waals surface area contributed by atoms with E-state index in [1.165, 1.54) is 31.7 Å². The van der Waals surface area contributed by atoms with Crippen molar-refractivity contribution in [3.8, 4) is 11.1 Å². The summed E-state index contributed by atoms with van der Waals surface area (Å²) in [4.78, 5) is 1.30. The molecule has 1 nitrogen and oxygen atoms in total. The van der Waals surface area contributed by atoms with Gasteiger partial charge < -0.3 is 4.74 Å². The van der Waals surface area contributed by atoms with Gasteiger partial charge >= 0.3 is 0 Å². The second kappa shape index (κ2) is 7.22. The summed E-state index contributed by atoms with van der Waals surface area (Å²) in [5.74, 6) is 0. The summed E-state index contributed by atoms with van der Waals surface area (Å²) in [5, 5.41) is 1.31. The molecular formula is C23H20OS. The first-order valence-electron chi connectivity index (χ1n) is 8.50. The Morgan fingerprint density at radius 3 is 2.16 bits per heavy atom. The third-order valence-corrected chi connectivity index (χ3v) is 5.79. The number of benzene rings is 3. The van der Waals surface area contributed by atoms with Crippen molar-refractivity contribution in [3.05, 3.63) is 95.4 Å². The van der Waals surface area contributed by atoms with Crippen molar-refractivity contribution in [2.45, 2.75) is 12.5 Å². The van der Waals surface area contributed by atoms with Crippen molar-refractivity contribution >= 4 is 21.4 Å². The summed E-state index contributed by atoms with van der Waals surface area (Å²) in [6.07, 6.45) is 0.930. The maximum atomic E-state index is 5.94. The predicted molar refractivity (Wildman–Crippen MR) is 107 cm³/mol. The van der Waals surface area contributed by atoms with Crippen molar-refractivity contribution < 1.29 is 4.74 Å². The minimum absolute atomic E-state index is 0.0509. The lowest BCUT2D eigenvalue weighted by molar-refractivity contribution is 0.107. The lowest BCUT2D eigenvalue weighted by atomic mass is 9.97. The maximum absolute atomic E-state index is 5.94. The minimum Gasteiger partial charge on any atom is -0.376 e. The summed E-state index contributed by atoms with van der Waals surface area (Å²) in [6.45, 7) is 0. The Bertz CT molecular complexity index is 957. The van der Waals surface area contributed by atoms with E-state index in [0.717, 1.165) is 6.42 Å². The van der Waals surface area contributed by atoms with Gasteiger partial charge in [0.25, 0.3) is 0 Å². The van der Waals surface area contributed by atoms with Crippen molar-refractivity contribution in [1.82, 2.24) is 0 Å². The predicted octanol–water partition coefficient (Wildman–Crippen LogP) is 6.50. The standard InChI is InChI=1S/C23H20OS/c1-24-20(16-17-10-4-2-5-11-17)23-22(18-12-6-3-7-13-18)19-14-8-9-15-21(19)25-23/h2-15,20H,16H2,1H3. The van der Waals surface area contributed by atoms with Crippen LogP contribution in [-0.2, 0) is 11.2 Å². The van der Waals surface area contributed by atoms with Crippen molar-refractivity contribution in [1.29, 1.82) is 0 Å². The van der Waals surface area contributed by atoms with Crippen molar-refractivity contribution in [2.24, 2.45) is 0 Å². The van der Waals surface area contributed by atoms with Gasteiger partial charge in [-0.1, -0.05) is 78.9 Å². The molecule has 0 N–H and O–H groups in total. The highest BCUT2D eigenvalue weighted by Gasteiger charge is 2.21. The molecule has 1 heterocycles. The number of hydrogen-bond acceptors (Lipinski definition) is 2. The van der Waals surface area contributed by atoms with Crippen molar-refractivity contribution in [2.75, 3.05) is 7.11 Å². The van der Waals surface area contributed by atoms with E-state index in [9.17, 15) is 0 Å². The molecule has 0 fully saturated rings. The normalized spacial score (nSPS) is 12.4. The van der Waals surface area contributed by atoms with Crippen LogP contribution in [0.3, 0.4) is 0 Å². The molecular weight excluding hydrogens is 324 g/mol. The van der Waals surface area contributed by atoms with Gasteiger partial charge in [-0.15, -0.1) is 11.3 Å². The highest BCUT2D eigenvalue weighted by atomic mass is 32.1. The monoisotopic (exact) mass is 344 g/mol. The first-order valence-corrected chi connectivity index (χ1v) is 9.32. The molecule has 0 aliphatic rings. The molecule has 4 rings (SSSR count). The number of methoxy groups -OCH3 is 1. The minimum atomic E-state index is 0.0509. The maximum Gasteiger partial charge on any atom is 0.0959 e. The van der Waals surface area contributed by atoms with Gasteiger partial charge in [0.2, 0.25) is 0 Å². The molecule has 0 aliphatic heterocycles. The summed E-state index contributed by atoms with van der Waals surface area (Å²) >= 11 is 1.85. The van der Waals surface area contributed by atoms with E-state index in [2.05, 4.69) is 84.9 Å². The van der Waals surface area contributed by atoms with Crippen LogP contribution in [0.2, 0.25) is 0 Å². The highest BCUT2D eigenvalue weighted by Crippen LogP contribution is 2.43. The van der Waals surface area contributed by atoms with E-state index in [1.807, 2.05) is 18.4 Å². The van der Waals surface area contributed by atoms with E-state index in [4.69, 9.17) is 4.74 Å². The summed E-state index contributed by atoms with van der Waals surface area (Å²) in [5.41, 5.74) is 3.86. The zero-order chi connectivity index (χ0) is 17.1. The van der Waals surface area contributed by atoms with Crippen LogP contribution in [0.1, 0.15) is 16.5 Å². The number of rotatable bonds is 5. The number of fused-ring (bicyclic) bond motifs is 1. The smallest absolute Gasteiger partial charge is 0.0959 e. The second-order valence-electron chi connectivity index (χ2n) is 6.12. The highest BCUT2D eigenvalue weighted by molar-refractivity contribution is 7.19. The van der Waals surface area contributed by atoms with Crippen molar-refractivity contribution in [3.63, 3.8) is 0 Å². The molecule has 3 aromatic carbocycles. The molecule has 0 radical (unpaired) electrons. The largest absolute Gasteiger partial charge is 0.376 e. The SMILES string of the molecule is COC(Cc1ccccc1)c1sc2ccccc2c1-c1ccccc1. The van der Waals surface area contributed by atoms with Crippen LogP contribution >= 0.6 is 11.3 Å². The van der Waals surface area contributed by atoms with Crippen LogP contribution in [0.4, 0.5) is 0 Å².